The number of nitrogens with zero attached hydrogens (tertiary/aromatic N) is 1. The van der Waals surface area contributed by atoms with E-state index in [9.17, 15) is 4.79 Å². The number of hydrogen-bond acceptors (Lipinski definition) is 1. The maximum Gasteiger partial charge on any atom is 0.198 e. The number of halogens is 1. The lowest BCUT2D eigenvalue weighted by molar-refractivity contribution is -0.899. The number of quaternary nitrogens is 1. The van der Waals surface area contributed by atoms with Gasteiger partial charge < -0.3 is 4.48 Å². The Morgan fingerprint density at radius 1 is 1.27 bits per heavy atom. The van der Waals surface area contributed by atoms with E-state index in [2.05, 4.69) is 21.1 Å². The Balaban J connectivity index is 2.66. The van der Waals surface area contributed by atoms with E-state index in [4.69, 9.17) is 0 Å². The first-order valence-corrected chi connectivity index (χ1v) is 6.98. The highest BCUT2D eigenvalue weighted by atomic mass is 127. The van der Waals surface area contributed by atoms with Crippen molar-refractivity contribution in [2.24, 2.45) is 5.92 Å². The first-order valence-electron chi connectivity index (χ1n) is 5.90. The van der Waals surface area contributed by atoms with Crippen LogP contribution in [-0.4, -0.2) is 35.5 Å². The summed E-state index contributed by atoms with van der Waals surface area (Å²) in [6.45, 7) is 0. The van der Waals surface area contributed by atoms with E-state index in [1.165, 1.54) is 32.1 Å². The Bertz CT molecular complexity index is 216. The van der Waals surface area contributed by atoms with Gasteiger partial charge in [0, 0.05) is 5.92 Å². The van der Waals surface area contributed by atoms with Gasteiger partial charge in [0.2, 0.25) is 0 Å². The van der Waals surface area contributed by atoms with Gasteiger partial charge in [-0.15, -0.1) is 0 Å². The molecular weight excluding hydrogens is 301 g/mol. The van der Waals surface area contributed by atoms with Crippen LogP contribution in [0.4, 0.5) is 0 Å². The van der Waals surface area contributed by atoms with E-state index in [0.717, 1.165) is 16.8 Å². The molecule has 0 aromatic heterocycles. The standard InChI is InChI=1S/C12H23INO/c1-14(2,3)11(9-12(13)15)10-7-5-4-6-8-10/h10-11H,4-9H2,1-3H3/q+1. The largest absolute Gasteiger partial charge is 0.328 e. The van der Waals surface area contributed by atoms with Crippen LogP contribution >= 0.6 is 22.6 Å². The summed E-state index contributed by atoms with van der Waals surface area (Å²) in [5.41, 5.74) is 0. The van der Waals surface area contributed by atoms with Crippen molar-refractivity contribution in [2.45, 2.75) is 44.6 Å². The quantitative estimate of drug-likeness (QED) is 0.441. The zero-order chi connectivity index (χ0) is 11.5. The van der Waals surface area contributed by atoms with Crippen molar-refractivity contribution >= 4 is 26.4 Å². The Kier molecular flexibility index (Phi) is 5.03. The molecule has 3 heteroatoms. The molecule has 0 N–H and O–H groups in total. The Labute approximate surface area is 107 Å². The molecule has 1 fully saturated rings. The normalized spacial score (nSPS) is 21.3. The molecule has 1 unspecified atom stereocenters. The van der Waals surface area contributed by atoms with Gasteiger partial charge in [-0.1, -0.05) is 19.3 Å². The molecule has 0 saturated heterocycles. The first-order chi connectivity index (χ1) is 6.91. The van der Waals surface area contributed by atoms with E-state index >= 15 is 0 Å². The lowest BCUT2D eigenvalue weighted by Gasteiger charge is -2.40. The van der Waals surface area contributed by atoms with Gasteiger partial charge in [-0.05, 0) is 35.4 Å². The van der Waals surface area contributed by atoms with Crippen molar-refractivity contribution in [2.75, 3.05) is 21.1 Å². The van der Waals surface area contributed by atoms with Gasteiger partial charge in [-0.2, -0.15) is 0 Å². The van der Waals surface area contributed by atoms with Gasteiger partial charge in [-0.25, -0.2) is 0 Å². The van der Waals surface area contributed by atoms with Crippen molar-refractivity contribution in [3.8, 4) is 0 Å². The number of rotatable bonds is 4. The van der Waals surface area contributed by atoms with Crippen LogP contribution in [0.5, 0.6) is 0 Å². The minimum Gasteiger partial charge on any atom is -0.328 e. The Hall–Kier alpha value is 0.360. The van der Waals surface area contributed by atoms with Crippen LogP contribution in [0.25, 0.3) is 0 Å². The zero-order valence-electron chi connectivity index (χ0n) is 10.1. The molecule has 2 nitrogen and oxygen atoms in total. The van der Waals surface area contributed by atoms with E-state index in [1.54, 1.807) is 0 Å². The van der Waals surface area contributed by atoms with Crippen molar-refractivity contribution in [1.29, 1.82) is 0 Å². The van der Waals surface area contributed by atoms with Crippen LogP contribution in [0.2, 0.25) is 0 Å². The maximum atomic E-state index is 11.3. The summed E-state index contributed by atoms with van der Waals surface area (Å²) >= 11 is 1.94. The molecule has 0 aliphatic heterocycles. The van der Waals surface area contributed by atoms with Crippen LogP contribution in [0, 0.1) is 5.92 Å². The maximum absolute atomic E-state index is 11.3. The van der Waals surface area contributed by atoms with E-state index in [-0.39, 0.29) is 0 Å². The zero-order valence-corrected chi connectivity index (χ0v) is 12.3. The second-order valence-electron chi connectivity index (χ2n) is 5.64. The summed E-state index contributed by atoms with van der Waals surface area (Å²) < 4.78 is 1.25. The second-order valence-corrected chi connectivity index (χ2v) is 6.84. The lowest BCUT2D eigenvalue weighted by Crippen LogP contribution is -2.50. The summed E-state index contributed by atoms with van der Waals surface area (Å²) in [5.74, 6) is 0.762. The smallest absolute Gasteiger partial charge is 0.198 e. The number of hydrogen-bond donors (Lipinski definition) is 0. The molecule has 0 radical (unpaired) electrons. The van der Waals surface area contributed by atoms with Crippen molar-refractivity contribution in [3.63, 3.8) is 0 Å². The fourth-order valence-electron chi connectivity index (χ4n) is 2.76. The lowest BCUT2D eigenvalue weighted by atomic mass is 9.81. The van der Waals surface area contributed by atoms with Crippen molar-refractivity contribution in [3.05, 3.63) is 0 Å². The number of carbonyl (C=O) groups excluding carboxylic acids is 1. The summed E-state index contributed by atoms with van der Waals surface area (Å²) in [6.07, 6.45) is 7.49. The summed E-state index contributed by atoms with van der Waals surface area (Å²) in [5, 5.41) is 0. The topological polar surface area (TPSA) is 17.1 Å². The molecule has 15 heavy (non-hydrogen) atoms. The summed E-state index contributed by atoms with van der Waals surface area (Å²) in [7, 11) is 6.66. The van der Waals surface area contributed by atoms with Gasteiger partial charge in [0.1, 0.15) is 0 Å². The van der Waals surface area contributed by atoms with E-state index in [1.807, 2.05) is 22.6 Å². The molecule has 1 aliphatic carbocycles. The SMILES string of the molecule is C[N+](C)(C)C(CC(=O)I)C1CCCCC1. The average Bonchev–Trinajstić information content (AvgIpc) is 2.14. The Morgan fingerprint density at radius 2 is 1.80 bits per heavy atom. The molecule has 0 amide bonds. The molecule has 0 heterocycles. The third kappa shape index (κ3) is 4.39. The highest BCUT2D eigenvalue weighted by molar-refractivity contribution is 14.1. The third-order valence-electron chi connectivity index (χ3n) is 3.56. The fraction of sp³-hybridized carbons (Fsp3) is 0.917. The van der Waals surface area contributed by atoms with Crippen molar-refractivity contribution < 1.29 is 9.28 Å². The van der Waals surface area contributed by atoms with Gasteiger partial charge in [0.25, 0.3) is 0 Å². The van der Waals surface area contributed by atoms with Crippen LogP contribution in [0.15, 0.2) is 0 Å². The predicted molar refractivity (Wildman–Crippen MR) is 72.0 cm³/mol. The van der Waals surface area contributed by atoms with E-state index in [0.29, 0.717) is 9.83 Å². The van der Waals surface area contributed by atoms with Crippen LogP contribution < -0.4 is 0 Å². The molecule has 0 bridgehead atoms. The fourth-order valence-corrected chi connectivity index (χ4v) is 3.21. The van der Waals surface area contributed by atoms with Gasteiger partial charge >= 0.3 is 0 Å². The molecule has 1 atom stereocenters. The average molecular weight is 324 g/mol. The van der Waals surface area contributed by atoms with Crippen LogP contribution in [-0.2, 0) is 4.79 Å². The molecule has 0 aromatic carbocycles. The van der Waals surface area contributed by atoms with Crippen LogP contribution in [0.1, 0.15) is 38.5 Å². The molecule has 1 saturated carbocycles. The third-order valence-corrected chi connectivity index (χ3v) is 4.00. The molecule has 1 rings (SSSR count). The molecular formula is C12H23INO+. The minimum atomic E-state index is 0.316. The predicted octanol–water partition coefficient (Wildman–Crippen LogP) is 2.99. The van der Waals surface area contributed by atoms with Crippen LogP contribution in [0.3, 0.4) is 0 Å². The number of carbonyl (C=O) groups is 1. The van der Waals surface area contributed by atoms with E-state index < -0.39 is 0 Å². The minimum absolute atomic E-state index is 0.316. The van der Waals surface area contributed by atoms with Gasteiger partial charge in [0.15, 0.2) is 3.79 Å². The molecule has 0 aromatic rings. The summed E-state index contributed by atoms with van der Waals surface area (Å²) in [6, 6.07) is 0.523. The highest BCUT2D eigenvalue weighted by Crippen LogP contribution is 2.32. The summed E-state index contributed by atoms with van der Waals surface area (Å²) in [4.78, 5) is 11.3. The molecule has 1 aliphatic rings. The first kappa shape index (κ1) is 13.4. The molecule has 88 valence electrons. The Morgan fingerprint density at radius 3 is 2.20 bits per heavy atom. The second kappa shape index (κ2) is 5.62. The van der Waals surface area contributed by atoms with Crippen molar-refractivity contribution in [1.82, 2.24) is 0 Å². The monoisotopic (exact) mass is 324 g/mol. The van der Waals surface area contributed by atoms with Gasteiger partial charge in [-0.3, -0.25) is 4.79 Å². The highest BCUT2D eigenvalue weighted by Gasteiger charge is 2.34. The molecule has 0 spiro atoms. The van der Waals surface area contributed by atoms with Gasteiger partial charge in [0.05, 0.1) is 33.6 Å².